The quantitative estimate of drug-likeness (QED) is 0.381. The summed E-state index contributed by atoms with van der Waals surface area (Å²) < 4.78 is 18.8. The van der Waals surface area contributed by atoms with Crippen LogP contribution < -0.4 is 10.6 Å². The van der Waals surface area contributed by atoms with Crippen molar-refractivity contribution in [1.82, 2.24) is 24.8 Å². The maximum absolute atomic E-state index is 12.5. The van der Waals surface area contributed by atoms with Gasteiger partial charge in [-0.1, -0.05) is 18.2 Å². The number of nitrogens with zero attached hydrogens (tertiary/aromatic N) is 4. The minimum Gasteiger partial charge on any atom is -0.379 e. The smallest absolute Gasteiger partial charge is 0.251 e. The molecule has 2 N–H and O–H groups in total. The number of pyridine rings is 1. The van der Waals surface area contributed by atoms with Gasteiger partial charge in [0.25, 0.3) is 5.91 Å². The second-order valence-electron chi connectivity index (χ2n) is 8.51. The van der Waals surface area contributed by atoms with E-state index in [0.717, 1.165) is 54.7 Å². The summed E-state index contributed by atoms with van der Waals surface area (Å²) >= 11 is 0. The molecule has 2 aromatic carbocycles. The molecule has 5 rings (SSSR count). The fourth-order valence-corrected chi connectivity index (χ4v) is 4.60. The number of hydrogen-bond donors (Lipinski definition) is 2. The van der Waals surface area contributed by atoms with Crippen molar-refractivity contribution in [1.29, 1.82) is 0 Å². The van der Waals surface area contributed by atoms with E-state index >= 15 is 0 Å². The number of carbonyl (C=O) groups excluding carboxylic acids is 1. The van der Waals surface area contributed by atoms with Crippen molar-refractivity contribution in [2.45, 2.75) is 4.90 Å². The lowest BCUT2D eigenvalue weighted by Crippen LogP contribution is -2.41. The zero-order valence-electron chi connectivity index (χ0n) is 20.0. The van der Waals surface area contributed by atoms with E-state index in [-0.39, 0.29) is 5.91 Å². The van der Waals surface area contributed by atoms with Crippen LogP contribution in [0.3, 0.4) is 0 Å². The number of morpholine rings is 1. The Labute approximate surface area is 211 Å². The highest BCUT2D eigenvalue weighted by molar-refractivity contribution is 7.84. The summed E-state index contributed by atoms with van der Waals surface area (Å²) in [5.74, 6) is 0.361. The van der Waals surface area contributed by atoms with Crippen LogP contribution in [0.25, 0.3) is 16.9 Å². The third-order valence-electron chi connectivity index (χ3n) is 6.06. The summed E-state index contributed by atoms with van der Waals surface area (Å²) in [4.78, 5) is 20.1. The Morgan fingerprint density at radius 3 is 2.50 bits per heavy atom. The number of benzene rings is 2. The minimum absolute atomic E-state index is 0.0942. The molecule has 1 aliphatic heterocycles. The predicted molar refractivity (Wildman–Crippen MR) is 140 cm³/mol. The summed E-state index contributed by atoms with van der Waals surface area (Å²) in [6, 6.07) is 20.6. The van der Waals surface area contributed by atoms with Gasteiger partial charge < -0.3 is 15.4 Å². The van der Waals surface area contributed by atoms with Gasteiger partial charge in [-0.15, -0.1) is 5.10 Å². The van der Waals surface area contributed by atoms with Crippen LogP contribution in [0.1, 0.15) is 10.4 Å². The normalized spacial score (nSPS) is 15.0. The first-order chi connectivity index (χ1) is 17.6. The molecule has 0 aliphatic carbocycles. The molecule has 1 unspecified atom stereocenters. The van der Waals surface area contributed by atoms with Gasteiger partial charge in [0.05, 0.1) is 18.9 Å². The number of carbonyl (C=O) groups is 1. The minimum atomic E-state index is -1.02. The van der Waals surface area contributed by atoms with Crippen molar-refractivity contribution < 1.29 is 13.7 Å². The standard InChI is InChI=1S/C26H28N6O3S/c1-36(34)22-11-7-19(8-12-22)23-3-2-4-24-29-26(30-32(23)24)28-21-9-5-20(6-10-21)25(33)27-13-14-31-15-17-35-18-16-31/h2-12H,13-18H2,1H3,(H,27,33)(H,28,30). The van der Waals surface area contributed by atoms with Crippen LogP contribution in [0.15, 0.2) is 71.6 Å². The van der Waals surface area contributed by atoms with Crippen LogP contribution in [0.2, 0.25) is 0 Å². The molecule has 0 bridgehead atoms. The van der Waals surface area contributed by atoms with Crippen molar-refractivity contribution in [3.8, 4) is 11.3 Å². The predicted octanol–water partition coefficient (Wildman–Crippen LogP) is 2.94. The van der Waals surface area contributed by atoms with Crippen molar-refractivity contribution in [2.75, 3.05) is 51.0 Å². The lowest BCUT2D eigenvalue weighted by molar-refractivity contribution is 0.0383. The molecular formula is C26H28N6O3S. The van der Waals surface area contributed by atoms with Gasteiger partial charge in [-0.05, 0) is 48.5 Å². The summed E-state index contributed by atoms with van der Waals surface area (Å²) in [5, 5.41) is 10.8. The second-order valence-corrected chi connectivity index (χ2v) is 9.89. The second kappa shape index (κ2) is 11.0. The van der Waals surface area contributed by atoms with Gasteiger partial charge >= 0.3 is 0 Å². The zero-order chi connectivity index (χ0) is 24.9. The topological polar surface area (TPSA) is 101 Å². The first-order valence-electron chi connectivity index (χ1n) is 11.8. The van der Waals surface area contributed by atoms with Gasteiger partial charge in [0.1, 0.15) is 0 Å². The molecule has 1 aliphatic rings. The van der Waals surface area contributed by atoms with E-state index in [9.17, 15) is 9.00 Å². The van der Waals surface area contributed by atoms with E-state index < -0.39 is 10.8 Å². The average Bonchev–Trinajstić information content (AvgIpc) is 3.32. The Morgan fingerprint density at radius 1 is 1.03 bits per heavy atom. The molecule has 1 fully saturated rings. The van der Waals surface area contributed by atoms with E-state index in [1.807, 2.05) is 54.6 Å². The van der Waals surface area contributed by atoms with Crippen LogP contribution in [-0.2, 0) is 15.5 Å². The summed E-state index contributed by atoms with van der Waals surface area (Å²) in [6.07, 6.45) is 1.66. The third-order valence-corrected chi connectivity index (χ3v) is 7.00. The molecule has 3 heterocycles. The average molecular weight is 505 g/mol. The molecule has 36 heavy (non-hydrogen) atoms. The largest absolute Gasteiger partial charge is 0.379 e. The van der Waals surface area contributed by atoms with E-state index in [4.69, 9.17) is 4.74 Å². The number of hydrogen-bond acceptors (Lipinski definition) is 7. The van der Waals surface area contributed by atoms with Crippen LogP contribution in [0, 0.1) is 0 Å². The molecule has 1 atom stereocenters. The molecule has 4 aromatic rings. The fraction of sp³-hybridized carbons (Fsp3) is 0.269. The van der Waals surface area contributed by atoms with Crippen LogP contribution >= 0.6 is 0 Å². The van der Waals surface area contributed by atoms with Crippen LogP contribution in [-0.4, -0.2) is 75.3 Å². The van der Waals surface area contributed by atoms with Crippen molar-refractivity contribution in [3.05, 3.63) is 72.3 Å². The van der Waals surface area contributed by atoms with Crippen molar-refractivity contribution >= 4 is 34.0 Å². The van der Waals surface area contributed by atoms with E-state index in [1.54, 1.807) is 22.9 Å². The zero-order valence-corrected chi connectivity index (χ0v) is 20.8. The van der Waals surface area contributed by atoms with Gasteiger partial charge in [-0.3, -0.25) is 13.9 Å². The molecule has 2 aromatic heterocycles. The maximum Gasteiger partial charge on any atom is 0.251 e. The van der Waals surface area contributed by atoms with Gasteiger partial charge in [-0.25, -0.2) is 4.52 Å². The molecule has 10 heteroatoms. The highest BCUT2D eigenvalue weighted by Gasteiger charge is 2.12. The first-order valence-corrected chi connectivity index (χ1v) is 13.4. The fourth-order valence-electron chi connectivity index (χ4n) is 4.08. The number of amides is 1. The molecular weight excluding hydrogens is 476 g/mol. The Kier molecular flexibility index (Phi) is 7.36. The lowest BCUT2D eigenvalue weighted by atomic mass is 10.1. The Hall–Kier alpha value is -3.60. The maximum atomic E-state index is 12.5. The van der Waals surface area contributed by atoms with Crippen molar-refractivity contribution in [2.24, 2.45) is 0 Å². The molecule has 9 nitrogen and oxygen atoms in total. The van der Waals surface area contributed by atoms with Gasteiger partial charge in [0, 0.05) is 64.9 Å². The van der Waals surface area contributed by atoms with Gasteiger partial charge in [-0.2, -0.15) is 4.98 Å². The SMILES string of the molecule is CS(=O)c1ccc(-c2cccc3nc(Nc4ccc(C(=O)NCCN5CCOCC5)cc4)nn23)cc1. The molecule has 1 saturated heterocycles. The molecule has 1 amide bonds. The van der Waals surface area contributed by atoms with E-state index in [2.05, 4.69) is 25.6 Å². The molecule has 0 saturated carbocycles. The van der Waals surface area contributed by atoms with E-state index in [0.29, 0.717) is 23.7 Å². The highest BCUT2D eigenvalue weighted by Crippen LogP contribution is 2.23. The Balaban J connectivity index is 1.24. The summed E-state index contributed by atoms with van der Waals surface area (Å²) in [5.41, 5.74) is 3.92. The number of fused-ring (bicyclic) bond motifs is 1. The van der Waals surface area contributed by atoms with Gasteiger partial charge in [0.2, 0.25) is 5.95 Å². The third kappa shape index (κ3) is 5.62. The molecule has 0 spiro atoms. The number of aromatic nitrogens is 3. The number of anilines is 2. The van der Waals surface area contributed by atoms with Gasteiger partial charge in [0.15, 0.2) is 5.65 Å². The molecule has 0 radical (unpaired) electrons. The first kappa shape index (κ1) is 24.1. The van der Waals surface area contributed by atoms with Crippen molar-refractivity contribution in [3.63, 3.8) is 0 Å². The monoisotopic (exact) mass is 504 g/mol. The highest BCUT2D eigenvalue weighted by atomic mass is 32.2. The Morgan fingerprint density at radius 2 is 1.78 bits per heavy atom. The number of ether oxygens (including phenoxy) is 1. The summed E-state index contributed by atoms with van der Waals surface area (Å²) in [6.45, 7) is 4.73. The van der Waals surface area contributed by atoms with Crippen LogP contribution in [0.5, 0.6) is 0 Å². The molecule has 186 valence electrons. The number of nitrogens with one attached hydrogen (secondary N) is 2. The Bertz CT molecular complexity index is 1360. The van der Waals surface area contributed by atoms with Crippen LogP contribution in [0.4, 0.5) is 11.6 Å². The lowest BCUT2D eigenvalue weighted by Gasteiger charge is -2.26. The summed E-state index contributed by atoms with van der Waals surface area (Å²) in [7, 11) is -1.02. The van der Waals surface area contributed by atoms with E-state index in [1.165, 1.54) is 0 Å². The number of rotatable bonds is 8.